The van der Waals surface area contributed by atoms with E-state index in [-0.39, 0.29) is 6.10 Å². The van der Waals surface area contributed by atoms with Crippen LogP contribution in [-0.4, -0.2) is 29.3 Å². The number of nitrogens with zero attached hydrogens (tertiary/aromatic N) is 2. The lowest BCUT2D eigenvalue weighted by Crippen LogP contribution is -2.11. The fourth-order valence-electron chi connectivity index (χ4n) is 0.917. The first-order valence-electron chi connectivity index (χ1n) is 4.83. The summed E-state index contributed by atoms with van der Waals surface area (Å²) < 4.78 is 10.6. The Morgan fingerprint density at radius 3 is 2.60 bits per heavy atom. The molecule has 0 aliphatic heterocycles. The summed E-state index contributed by atoms with van der Waals surface area (Å²) in [5, 5.41) is 0. The Labute approximate surface area is 94.6 Å². The molecule has 0 saturated carbocycles. The van der Waals surface area contributed by atoms with E-state index in [2.05, 4.69) is 9.97 Å². The standard InChI is InChI=1S/C10H15ClN2O2/c1-8(2)14-3-4-15-10-7-12-9(5-11)6-13-10/h6-8H,3-5H2,1-2H3. The Balaban J connectivity index is 2.25. The maximum absolute atomic E-state index is 5.58. The first-order valence-corrected chi connectivity index (χ1v) is 5.37. The molecule has 0 N–H and O–H groups in total. The minimum Gasteiger partial charge on any atom is -0.474 e. The van der Waals surface area contributed by atoms with Crippen LogP contribution in [0.2, 0.25) is 0 Å². The monoisotopic (exact) mass is 230 g/mol. The van der Waals surface area contributed by atoms with E-state index in [1.54, 1.807) is 12.4 Å². The summed E-state index contributed by atoms with van der Waals surface area (Å²) in [4.78, 5) is 8.09. The van der Waals surface area contributed by atoms with Crippen LogP contribution in [0.5, 0.6) is 5.88 Å². The van der Waals surface area contributed by atoms with Gasteiger partial charge in [-0.3, -0.25) is 4.98 Å². The van der Waals surface area contributed by atoms with Crippen LogP contribution in [0, 0.1) is 0 Å². The van der Waals surface area contributed by atoms with Crippen LogP contribution in [0.15, 0.2) is 12.4 Å². The molecule has 0 amide bonds. The van der Waals surface area contributed by atoms with Gasteiger partial charge in [0.25, 0.3) is 0 Å². The molecule has 0 aliphatic carbocycles. The highest BCUT2D eigenvalue weighted by atomic mass is 35.5. The number of hydrogen-bond acceptors (Lipinski definition) is 4. The van der Waals surface area contributed by atoms with Crippen molar-refractivity contribution in [3.63, 3.8) is 0 Å². The van der Waals surface area contributed by atoms with Gasteiger partial charge in [0.15, 0.2) is 0 Å². The molecule has 84 valence electrons. The lowest BCUT2D eigenvalue weighted by molar-refractivity contribution is 0.0541. The Kier molecular flexibility index (Phi) is 5.36. The van der Waals surface area contributed by atoms with Gasteiger partial charge < -0.3 is 9.47 Å². The summed E-state index contributed by atoms with van der Waals surface area (Å²) >= 11 is 5.58. The van der Waals surface area contributed by atoms with Gasteiger partial charge in [-0.1, -0.05) is 0 Å². The quantitative estimate of drug-likeness (QED) is 0.554. The van der Waals surface area contributed by atoms with Gasteiger partial charge in [-0.05, 0) is 13.8 Å². The molecule has 1 aromatic heterocycles. The lowest BCUT2D eigenvalue weighted by atomic mass is 10.5. The second-order valence-electron chi connectivity index (χ2n) is 3.25. The lowest BCUT2D eigenvalue weighted by Gasteiger charge is -2.08. The molecule has 0 radical (unpaired) electrons. The molecule has 5 heteroatoms. The number of aromatic nitrogens is 2. The topological polar surface area (TPSA) is 44.2 Å². The predicted octanol–water partition coefficient (Wildman–Crippen LogP) is 2.02. The molecule has 1 aromatic rings. The first kappa shape index (κ1) is 12.2. The molecular weight excluding hydrogens is 216 g/mol. The molecule has 0 spiro atoms. The molecular formula is C10H15ClN2O2. The maximum atomic E-state index is 5.58. The third-order valence-corrected chi connectivity index (χ3v) is 1.88. The molecule has 15 heavy (non-hydrogen) atoms. The molecule has 0 aromatic carbocycles. The Bertz CT molecular complexity index is 277. The van der Waals surface area contributed by atoms with E-state index >= 15 is 0 Å². The first-order chi connectivity index (χ1) is 7.22. The summed E-state index contributed by atoms with van der Waals surface area (Å²) in [5.74, 6) is 0.861. The van der Waals surface area contributed by atoms with Gasteiger partial charge in [-0.25, -0.2) is 4.98 Å². The van der Waals surface area contributed by atoms with Gasteiger partial charge in [-0.2, -0.15) is 0 Å². The Morgan fingerprint density at radius 1 is 1.27 bits per heavy atom. The SMILES string of the molecule is CC(C)OCCOc1cnc(CCl)cn1. The highest BCUT2D eigenvalue weighted by Crippen LogP contribution is 2.05. The minimum atomic E-state index is 0.221. The van der Waals surface area contributed by atoms with Gasteiger partial charge in [0.1, 0.15) is 6.61 Å². The maximum Gasteiger partial charge on any atom is 0.232 e. The summed E-state index contributed by atoms with van der Waals surface area (Å²) in [7, 11) is 0. The van der Waals surface area contributed by atoms with Crippen molar-refractivity contribution in [2.45, 2.75) is 25.8 Å². The van der Waals surface area contributed by atoms with E-state index in [1.807, 2.05) is 13.8 Å². The summed E-state index contributed by atoms with van der Waals surface area (Å²) in [5.41, 5.74) is 0.738. The van der Waals surface area contributed by atoms with E-state index in [0.717, 1.165) is 5.69 Å². The van der Waals surface area contributed by atoms with Gasteiger partial charge in [-0.15, -0.1) is 11.6 Å². The average molecular weight is 231 g/mol. The minimum absolute atomic E-state index is 0.221. The molecule has 4 nitrogen and oxygen atoms in total. The van der Waals surface area contributed by atoms with Crippen LogP contribution in [0.4, 0.5) is 0 Å². The predicted molar refractivity (Wildman–Crippen MR) is 58.2 cm³/mol. The van der Waals surface area contributed by atoms with Crippen molar-refractivity contribution in [2.75, 3.05) is 13.2 Å². The van der Waals surface area contributed by atoms with E-state index in [4.69, 9.17) is 21.1 Å². The highest BCUT2D eigenvalue weighted by Gasteiger charge is 1.98. The van der Waals surface area contributed by atoms with Crippen LogP contribution in [0.1, 0.15) is 19.5 Å². The molecule has 1 rings (SSSR count). The van der Waals surface area contributed by atoms with Crippen molar-refractivity contribution in [2.24, 2.45) is 0 Å². The van der Waals surface area contributed by atoms with E-state index < -0.39 is 0 Å². The fraction of sp³-hybridized carbons (Fsp3) is 0.600. The normalized spacial score (nSPS) is 10.7. The zero-order valence-electron chi connectivity index (χ0n) is 8.94. The molecule has 0 saturated heterocycles. The smallest absolute Gasteiger partial charge is 0.232 e. The van der Waals surface area contributed by atoms with Crippen molar-refractivity contribution in [1.82, 2.24) is 9.97 Å². The summed E-state index contributed by atoms with van der Waals surface area (Å²) in [6, 6.07) is 0. The van der Waals surface area contributed by atoms with Crippen molar-refractivity contribution in [3.05, 3.63) is 18.1 Å². The number of alkyl halides is 1. The van der Waals surface area contributed by atoms with Crippen LogP contribution in [0.25, 0.3) is 0 Å². The second kappa shape index (κ2) is 6.58. The average Bonchev–Trinajstić information content (AvgIpc) is 2.25. The van der Waals surface area contributed by atoms with Crippen LogP contribution in [0.3, 0.4) is 0 Å². The van der Waals surface area contributed by atoms with Gasteiger partial charge in [0.2, 0.25) is 5.88 Å². The number of ether oxygens (including phenoxy) is 2. The van der Waals surface area contributed by atoms with Gasteiger partial charge in [0.05, 0.1) is 36.7 Å². The van der Waals surface area contributed by atoms with Crippen LogP contribution < -0.4 is 4.74 Å². The van der Waals surface area contributed by atoms with E-state index in [9.17, 15) is 0 Å². The Hall–Kier alpha value is -0.870. The zero-order valence-corrected chi connectivity index (χ0v) is 9.70. The Morgan fingerprint density at radius 2 is 2.07 bits per heavy atom. The molecule has 0 aliphatic rings. The van der Waals surface area contributed by atoms with Crippen LogP contribution in [-0.2, 0) is 10.6 Å². The van der Waals surface area contributed by atoms with E-state index in [1.165, 1.54) is 0 Å². The summed E-state index contributed by atoms with van der Waals surface area (Å²) in [6.07, 6.45) is 3.39. The summed E-state index contributed by atoms with van der Waals surface area (Å²) in [6.45, 7) is 4.99. The van der Waals surface area contributed by atoms with Gasteiger partial charge >= 0.3 is 0 Å². The third kappa shape index (κ3) is 4.95. The molecule has 0 fully saturated rings. The van der Waals surface area contributed by atoms with Crippen LogP contribution >= 0.6 is 11.6 Å². The fourth-order valence-corrected chi connectivity index (χ4v) is 1.05. The van der Waals surface area contributed by atoms with Crippen molar-refractivity contribution >= 4 is 11.6 Å². The zero-order chi connectivity index (χ0) is 11.1. The molecule has 0 atom stereocenters. The molecule has 1 heterocycles. The number of rotatable bonds is 6. The molecule has 0 bridgehead atoms. The van der Waals surface area contributed by atoms with Gasteiger partial charge in [0, 0.05) is 0 Å². The number of hydrogen-bond donors (Lipinski definition) is 0. The highest BCUT2D eigenvalue weighted by molar-refractivity contribution is 6.16. The number of halogens is 1. The van der Waals surface area contributed by atoms with E-state index in [0.29, 0.717) is 25.0 Å². The van der Waals surface area contributed by atoms with Crippen molar-refractivity contribution < 1.29 is 9.47 Å². The molecule has 0 unspecified atom stereocenters. The largest absolute Gasteiger partial charge is 0.474 e. The van der Waals surface area contributed by atoms with Crippen molar-refractivity contribution in [1.29, 1.82) is 0 Å². The van der Waals surface area contributed by atoms with Crippen molar-refractivity contribution in [3.8, 4) is 5.88 Å². The third-order valence-electron chi connectivity index (χ3n) is 1.60. The second-order valence-corrected chi connectivity index (χ2v) is 3.51.